The van der Waals surface area contributed by atoms with Crippen LogP contribution in [0.5, 0.6) is 0 Å². The van der Waals surface area contributed by atoms with Gasteiger partial charge < -0.3 is 4.98 Å². The monoisotopic (exact) mass is 264 g/mol. The number of imidazole rings is 1. The van der Waals surface area contributed by atoms with E-state index in [1.807, 2.05) is 22.2 Å². The van der Waals surface area contributed by atoms with Gasteiger partial charge in [0.2, 0.25) is 0 Å². The summed E-state index contributed by atoms with van der Waals surface area (Å²) in [6, 6.07) is 1.40. The highest BCUT2D eigenvalue weighted by molar-refractivity contribution is 7.98. The van der Waals surface area contributed by atoms with Crippen LogP contribution in [0.3, 0.4) is 0 Å². The highest BCUT2D eigenvalue weighted by atomic mass is 32.2. The molecule has 0 radical (unpaired) electrons. The Morgan fingerprint density at radius 2 is 2.47 bits per heavy atom. The molecule has 0 bridgehead atoms. The van der Waals surface area contributed by atoms with Gasteiger partial charge in [-0.25, -0.2) is 9.97 Å². The highest BCUT2D eigenvalue weighted by Crippen LogP contribution is 2.19. The van der Waals surface area contributed by atoms with E-state index in [-0.39, 0.29) is 5.56 Å². The Labute approximate surface area is 105 Å². The summed E-state index contributed by atoms with van der Waals surface area (Å²) in [5.74, 6) is 0.696. The van der Waals surface area contributed by atoms with Crippen molar-refractivity contribution in [2.75, 3.05) is 0 Å². The third kappa shape index (κ3) is 2.25. The molecular weight excluding hydrogens is 256 g/mol. The number of hydrogen-bond acceptors (Lipinski definition) is 5. The lowest BCUT2D eigenvalue weighted by atomic mass is 10.6. The summed E-state index contributed by atoms with van der Waals surface area (Å²) >= 11 is 3.07. The minimum atomic E-state index is -0.131. The van der Waals surface area contributed by atoms with Gasteiger partial charge in [-0.2, -0.15) is 0 Å². The van der Waals surface area contributed by atoms with Gasteiger partial charge in [0.15, 0.2) is 10.1 Å². The second-order valence-electron chi connectivity index (χ2n) is 3.35. The molecule has 0 amide bonds. The molecule has 0 fully saturated rings. The van der Waals surface area contributed by atoms with Gasteiger partial charge >= 0.3 is 0 Å². The summed E-state index contributed by atoms with van der Waals surface area (Å²) in [5, 5.41) is 2.61. The minimum absolute atomic E-state index is 0.131. The summed E-state index contributed by atoms with van der Waals surface area (Å²) in [6.07, 6.45) is 5.47. The Morgan fingerprint density at radius 1 is 1.53 bits per heavy atom. The number of thiazole rings is 1. The van der Waals surface area contributed by atoms with Crippen molar-refractivity contribution in [3.05, 3.63) is 46.1 Å². The van der Waals surface area contributed by atoms with Gasteiger partial charge in [0, 0.05) is 35.8 Å². The molecule has 0 atom stereocenters. The average molecular weight is 264 g/mol. The first-order valence-electron chi connectivity index (χ1n) is 4.90. The van der Waals surface area contributed by atoms with Crippen LogP contribution in [0, 0.1) is 0 Å². The van der Waals surface area contributed by atoms with Gasteiger partial charge in [0.05, 0.1) is 5.69 Å². The van der Waals surface area contributed by atoms with Crippen LogP contribution in [-0.4, -0.2) is 19.4 Å². The first-order chi connectivity index (χ1) is 8.31. The van der Waals surface area contributed by atoms with Gasteiger partial charge in [-0.1, -0.05) is 11.8 Å². The van der Waals surface area contributed by atoms with Crippen LogP contribution >= 0.6 is 23.1 Å². The molecule has 7 heteroatoms. The molecule has 3 heterocycles. The van der Waals surface area contributed by atoms with Crippen molar-refractivity contribution in [1.82, 2.24) is 19.4 Å². The maximum atomic E-state index is 11.1. The molecule has 3 aromatic heterocycles. The lowest BCUT2D eigenvalue weighted by Crippen LogP contribution is -2.05. The number of aromatic amines is 1. The predicted octanol–water partition coefficient (Wildman–Crippen LogP) is 1.77. The van der Waals surface area contributed by atoms with Gasteiger partial charge in [-0.15, -0.1) is 11.3 Å². The summed E-state index contributed by atoms with van der Waals surface area (Å²) in [7, 11) is 0. The fourth-order valence-corrected chi connectivity index (χ4v) is 2.86. The Bertz CT molecular complexity index is 671. The number of nitrogens with zero attached hydrogens (tertiary/aromatic N) is 3. The smallest absolute Gasteiger partial charge is 0.251 e. The molecule has 0 saturated carbocycles. The fraction of sp³-hybridized carbons (Fsp3) is 0.100. The number of H-pyrrole nitrogens is 1. The molecular formula is C10H8N4OS2. The second kappa shape index (κ2) is 4.34. The zero-order chi connectivity index (χ0) is 11.7. The number of fused-ring (bicyclic) bond motifs is 1. The number of hydrogen-bond donors (Lipinski definition) is 1. The van der Waals surface area contributed by atoms with Crippen molar-refractivity contribution in [3.63, 3.8) is 0 Å². The molecule has 17 heavy (non-hydrogen) atoms. The lowest BCUT2D eigenvalue weighted by Gasteiger charge is -1.96. The van der Waals surface area contributed by atoms with Crippen LogP contribution < -0.4 is 5.56 Å². The zero-order valence-corrected chi connectivity index (χ0v) is 10.3. The predicted molar refractivity (Wildman–Crippen MR) is 67.5 cm³/mol. The first kappa shape index (κ1) is 10.5. The fourth-order valence-electron chi connectivity index (χ4n) is 1.41. The van der Waals surface area contributed by atoms with Gasteiger partial charge in [0.25, 0.3) is 5.56 Å². The van der Waals surface area contributed by atoms with Crippen LogP contribution in [0.4, 0.5) is 0 Å². The number of rotatable bonds is 3. The third-order valence-electron chi connectivity index (χ3n) is 2.15. The zero-order valence-electron chi connectivity index (χ0n) is 8.66. The Morgan fingerprint density at radius 3 is 3.29 bits per heavy atom. The second-order valence-corrected chi connectivity index (χ2v) is 5.19. The van der Waals surface area contributed by atoms with Crippen molar-refractivity contribution in [1.29, 1.82) is 0 Å². The molecule has 0 aliphatic carbocycles. The van der Waals surface area contributed by atoms with E-state index in [2.05, 4.69) is 15.0 Å². The SMILES string of the molecule is O=c1ccnc(SCc2cn3ccsc3n2)[nH]1. The summed E-state index contributed by atoms with van der Waals surface area (Å²) in [4.78, 5) is 23.2. The quantitative estimate of drug-likeness (QED) is 0.578. The molecule has 5 nitrogen and oxygen atoms in total. The number of nitrogens with one attached hydrogen (secondary N) is 1. The lowest BCUT2D eigenvalue weighted by molar-refractivity contribution is 0.935. The molecule has 0 spiro atoms. The molecule has 0 aliphatic rings. The van der Waals surface area contributed by atoms with E-state index in [4.69, 9.17) is 0 Å². The van der Waals surface area contributed by atoms with Gasteiger partial charge in [0.1, 0.15) is 0 Å². The van der Waals surface area contributed by atoms with E-state index < -0.39 is 0 Å². The maximum Gasteiger partial charge on any atom is 0.251 e. The van der Waals surface area contributed by atoms with E-state index in [1.165, 1.54) is 24.0 Å². The van der Waals surface area contributed by atoms with E-state index in [0.29, 0.717) is 10.9 Å². The summed E-state index contributed by atoms with van der Waals surface area (Å²) in [6.45, 7) is 0. The van der Waals surface area contributed by atoms with Crippen LogP contribution in [0.1, 0.15) is 5.69 Å². The van der Waals surface area contributed by atoms with Crippen molar-refractivity contribution >= 4 is 28.1 Å². The average Bonchev–Trinajstić information content (AvgIpc) is 2.86. The largest absolute Gasteiger partial charge is 0.301 e. The molecule has 3 rings (SSSR count). The standard InChI is InChI=1S/C10H8N4OS2/c15-8-1-2-11-9(13-8)17-6-7-5-14-3-4-16-10(14)12-7/h1-5H,6H2,(H,11,13,15). The Balaban J connectivity index is 1.76. The van der Waals surface area contributed by atoms with Crippen molar-refractivity contribution in [3.8, 4) is 0 Å². The van der Waals surface area contributed by atoms with Crippen molar-refractivity contribution < 1.29 is 0 Å². The third-order valence-corrected chi connectivity index (χ3v) is 3.84. The van der Waals surface area contributed by atoms with Crippen molar-refractivity contribution in [2.24, 2.45) is 0 Å². The molecule has 0 saturated heterocycles. The molecule has 86 valence electrons. The van der Waals surface area contributed by atoms with E-state index in [9.17, 15) is 4.79 Å². The topological polar surface area (TPSA) is 63.1 Å². The van der Waals surface area contributed by atoms with E-state index in [1.54, 1.807) is 11.3 Å². The van der Waals surface area contributed by atoms with Crippen molar-refractivity contribution in [2.45, 2.75) is 10.9 Å². The molecule has 0 aromatic carbocycles. The number of thioether (sulfide) groups is 1. The minimum Gasteiger partial charge on any atom is -0.301 e. The normalized spacial score (nSPS) is 11.1. The van der Waals surface area contributed by atoms with E-state index >= 15 is 0 Å². The highest BCUT2D eigenvalue weighted by Gasteiger charge is 2.04. The first-order valence-corrected chi connectivity index (χ1v) is 6.77. The molecule has 0 unspecified atom stereocenters. The Hall–Kier alpha value is -1.60. The number of aromatic nitrogens is 4. The molecule has 1 N–H and O–H groups in total. The molecule has 3 aromatic rings. The van der Waals surface area contributed by atoms with Gasteiger partial charge in [-0.3, -0.25) is 9.20 Å². The maximum absolute atomic E-state index is 11.1. The Kier molecular flexibility index (Phi) is 2.69. The van der Waals surface area contributed by atoms with Crippen LogP contribution in [0.25, 0.3) is 4.96 Å². The molecule has 0 aliphatic heterocycles. The summed E-state index contributed by atoms with van der Waals surface area (Å²) in [5.41, 5.74) is 0.849. The van der Waals surface area contributed by atoms with Gasteiger partial charge in [-0.05, 0) is 0 Å². The van der Waals surface area contributed by atoms with Crippen LogP contribution in [0.2, 0.25) is 0 Å². The van der Waals surface area contributed by atoms with Crippen LogP contribution in [-0.2, 0) is 5.75 Å². The van der Waals surface area contributed by atoms with E-state index in [0.717, 1.165) is 10.7 Å². The summed E-state index contributed by atoms with van der Waals surface area (Å²) < 4.78 is 1.99. The van der Waals surface area contributed by atoms with Crippen LogP contribution in [0.15, 0.2) is 40.0 Å².